The molecule has 2 atom stereocenters. The monoisotopic (exact) mass is 452 g/mol. The first-order valence-corrected chi connectivity index (χ1v) is 10.7. The topological polar surface area (TPSA) is 114 Å². The third kappa shape index (κ3) is 5.98. The Morgan fingerprint density at radius 2 is 1.61 bits per heavy atom. The number of amides is 2. The molecule has 0 heterocycles. The van der Waals surface area contributed by atoms with Gasteiger partial charge in [0.2, 0.25) is 0 Å². The largest absolute Gasteiger partial charge is 0.479 e. The number of carbonyl (C=O) groups is 3. The van der Waals surface area contributed by atoms with Gasteiger partial charge in [0.25, 0.3) is 5.91 Å². The van der Waals surface area contributed by atoms with Crippen LogP contribution in [0.3, 0.4) is 0 Å². The van der Waals surface area contributed by atoms with Gasteiger partial charge in [-0.2, -0.15) is 0 Å². The highest BCUT2D eigenvalue weighted by Gasteiger charge is 2.30. The lowest BCUT2D eigenvalue weighted by Gasteiger charge is -2.19. The summed E-state index contributed by atoms with van der Waals surface area (Å²) in [6.07, 6.45) is 0.00980. The third-order valence-electron chi connectivity index (χ3n) is 5.40. The Bertz CT molecular complexity index is 1010. The number of hydrogen-bond acceptors (Lipinski definition) is 5. The summed E-state index contributed by atoms with van der Waals surface area (Å²) in [6.45, 7) is 5.13. The van der Waals surface area contributed by atoms with Crippen molar-refractivity contribution >= 4 is 18.0 Å². The molecule has 0 radical (unpaired) electrons. The minimum absolute atomic E-state index is 0.104. The summed E-state index contributed by atoms with van der Waals surface area (Å²) in [5, 5.41) is 11.4. The Hall–Kier alpha value is -3.65. The summed E-state index contributed by atoms with van der Waals surface area (Å²) in [6, 6.07) is 15.0. The summed E-state index contributed by atoms with van der Waals surface area (Å²) in [7, 11) is 0. The van der Waals surface area contributed by atoms with Crippen molar-refractivity contribution in [3.8, 4) is 11.1 Å². The standard InChI is InChI=1S/C25H28N2O6/c1-15(2)12-13-22(23(28)27-33-16(3)24(29)30)26-25(31)32-14-21-19-10-6-4-8-17(19)18-9-5-7-11-20(18)21/h4-12,16,21-22H,13-14H2,1-3H3,(H,26,31)(H,27,28)(H,29,30). The molecule has 0 saturated carbocycles. The number of carbonyl (C=O) groups excluding carboxylic acids is 2. The van der Waals surface area contributed by atoms with Crippen LogP contribution in [0.1, 0.15) is 44.2 Å². The molecular formula is C25H28N2O6. The van der Waals surface area contributed by atoms with E-state index in [4.69, 9.17) is 14.7 Å². The maximum absolute atomic E-state index is 12.6. The number of hydrogen-bond donors (Lipinski definition) is 3. The molecule has 2 aromatic carbocycles. The molecule has 2 amide bonds. The van der Waals surface area contributed by atoms with E-state index in [2.05, 4.69) is 10.8 Å². The van der Waals surface area contributed by atoms with E-state index >= 15 is 0 Å². The fourth-order valence-electron chi connectivity index (χ4n) is 3.64. The molecular weight excluding hydrogens is 424 g/mol. The Balaban J connectivity index is 1.65. The third-order valence-corrected chi connectivity index (χ3v) is 5.40. The zero-order valence-electron chi connectivity index (χ0n) is 18.8. The number of rotatable bonds is 9. The normalized spacial score (nSPS) is 13.8. The maximum atomic E-state index is 12.6. The van der Waals surface area contributed by atoms with Crippen molar-refractivity contribution in [3.63, 3.8) is 0 Å². The number of ether oxygens (including phenoxy) is 1. The summed E-state index contributed by atoms with van der Waals surface area (Å²) in [5.41, 5.74) is 7.46. The molecule has 174 valence electrons. The molecule has 0 spiro atoms. The van der Waals surface area contributed by atoms with E-state index in [0.29, 0.717) is 0 Å². The molecule has 0 aliphatic heterocycles. The predicted molar refractivity (Wildman–Crippen MR) is 122 cm³/mol. The molecule has 3 N–H and O–H groups in total. The zero-order valence-corrected chi connectivity index (χ0v) is 18.8. The highest BCUT2D eigenvalue weighted by molar-refractivity contribution is 5.85. The number of alkyl carbamates (subject to hydrolysis) is 1. The molecule has 8 heteroatoms. The second-order valence-electron chi connectivity index (χ2n) is 8.10. The highest BCUT2D eigenvalue weighted by atomic mass is 16.7. The Morgan fingerprint density at radius 1 is 1.03 bits per heavy atom. The van der Waals surface area contributed by atoms with E-state index in [1.165, 1.54) is 6.92 Å². The van der Waals surface area contributed by atoms with Gasteiger partial charge in [-0.3, -0.25) is 9.63 Å². The lowest BCUT2D eigenvalue weighted by Crippen LogP contribution is -2.48. The first-order valence-electron chi connectivity index (χ1n) is 10.7. The van der Waals surface area contributed by atoms with E-state index in [9.17, 15) is 14.4 Å². The Kier molecular flexibility index (Phi) is 7.84. The fraction of sp³-hybridized carbons (Fsp3) is 0.320. The summed E-state index contributed by atoms with van der Waals surface area (Å²) in [5.74, 6) is -2.00. The summed E-state index contributed by atoms with van der Waals surface area (Å²) < 4.78 is 5.51. The summed E-state index contributed by atoms with van der Waals surface area (Å²) in [4.78, 5) is 40.8. The van der Waals surface area contributed by atoms with E-state index < -0.39 is 30.1 Å². The Labute approximate surface area is 192 Å². The molecule has 3 rings (SSSR count). The molecule has 0 saturated heterocycles. The van der Waals surface area contributed by atoms with E-state index in [-0.39, 0.29) is 18.9 Å². The number of allylic oxidation sites excluding steroid dienone is 1. The Morgan fingerprint density at radius 3 is 2.15 bits per heavy atom. The first-order chi connectivity index (χ1) is 15.8. The number of benzene rings is 2. The molecule has 33 heavy (non-hydrogen) atoms. The zero-order chi connectivity index (χ0) is 24.0. The lowest BCUT2D eigenvalue weighted by molar-refractivity contribution is -0.159. The van der Waals surface area contributed by atoms with Gasteiger partial charge in [0.15, 0.2) is 6.10 Å². The van der Waals surface area contributed by atoms with Crippen LogP contribution in [-0.2, 0) is 19.2 Å². The number of hydroxylamine groups is 1. The predicted octanol–water partition coefficient (Wildman–Crippen LogP) is 3.77. The number of nitrogens with one attached hydrogen (secondary N) is 2. The molecule has 0 aromatic heterocycles. The van der Waals surface area contributed by atoms with Crippen molar-refractivity contribution in [3.05, 3.63) is 71.3 Å². The van der Waals surface area contributed by atoms with Gasteiger partial charge in [-0.05, 0) is 49.4 Å². The molecule has 1 aliphatic rings. The molecule has 0 fully saturated rings. The van der Waals surface area contributed by atoms with E-state index in [1.54, 1.807) is 6.08 Å². The average Bonchev–Trinajstić information content (AvgIpc) is 3.12. The van der Waals surface area contributed by atoms with Crippen LogP contribution in [0.2, 0.25) is 0 Å². The number of carboxylic acid groups (broad SMARTS) is 1. The smallest absolute Gasteiger partial charge is 0.407 e. The average molecular weight is 453 g/mol. The van der Waals surface area contributed by atoms with Crippen molar-refractivity contribution in [1.82, 2.24) is 10.8 Å². The van der Waals surface area contributed by atoms with Gasteiger partial charge in [0.05, 0.1) is 0 Å². The van der Waals surface area contributed by atoms with Crippen molar-refractivity contribution in [2.24, 2.45) is 0 Å². The van der Waals surface area contributed by atoms with Crippen molar-refractivity contribution < 1.29 is 29.1 Å². The number of carboxylic acids is 1. The van der Waals surface area contributed by atoms with Gasteiger partial charge in [-0.15, -0.1) is 0 Å². The van der Waals surface area contributed by atoms with Crippen LogP contribution in [0.4, 0.5) is 4.79 Å². The van der Waals surface area contributed by atoms with Crippen LogP contribution in [0.5, 0.6) is 0 Å². The van der Waals surface area contributed by atoms with Gasteiger partial charge < -0.3 is 15.2 Å². The molecule has 2 unspecified atom stereocenters. The van der Waals surface area contributed by atoms with Gasteiger partial charge >= 0.3 is 12.1 Å². The van der Waals surface area contributed by atoms with E-state index in [1.807, 2.05) is 62.4 Å². The van der Waals surface area contributed by atoms with Crippen molar-refractivity contribution in [2.45, 2.75) is 45.3 Å². The first kappa shape index (κ1) is 24.0. The van der Waals surface area contributed by atoms with Gasteiger partial charge in [0, 0.05) is 5.92 Å². The van der Waals surface area contributed by atoms with Crippen LogP contribution in [-0.4, -0.2) is 41.8 Å². The minimum Gasteiger partial charge on any atom is -0.479 e. The quantitative estimate of drug-likeness (QED) is 0.394. The minimum atomic E-state index is -1.23. The molecule has 0 bridgehead atoms. The van der Waals surface area contributed by atoms with Crippen LogP contribution in [0, 0.1) is 0 Å². The van der Waals surface area contributed by atoms with Crippen molar-refractivity contribution in [1.29, 1.82) is 0 Å². The maximum Gasteiger partial charge on any atom is 0.407 e. The van der Waals surface area contributed by atoms with Crippen LogP contribution in [0.15, 0.2) is 60.2 Å². The lowest BCUT2D eigenvalue weighted by atomic mass is 9.98. The van der Waals surface area contributed by atoms with Crippen LogP contribution < -0.4 is 10.8 Å². The van der Waals surface area contributed by atoms with Gasteiger partial charge in [-0.1, -0.05) is 60.2 Å². The van der Waals surface area contributed by atoms with E-state index in [0.717, 1.165) is 27.8 Å². The molecule has 1 aliphatic carbocycles. The number of fused-ring (bicyclic) bond motifs is 3. The second kappa shape index (κ2) is 10.8. The fourth-order valence-corrected chi connectivity index (χ4v) is 3.64. The second-order valence-corrected chi connectivity index (χ2v) is 8.10. The molecule has 8 nitrogen and oxygen atoms in total. The SMILES string of the molecule is CC(C)=CCC(NC(=O)OCC1c2ccccc2-c2ccccc21)C(=O)NOC(C)C(=O)O. The summed E-state index contributed by atoms with van der Waals surface area (Å²) >= 11 is 0. The van der Waals surface area contributed by atoms with Crippen molar-refractivity contribution in [2.75, 3.05) is 6.61 Å². The van der Waals surface area contributed by atoms with Crippen LogP contribution in [0.25, 0.3) is 11.1 Å². The van der Waals surface area contributed by atoms with Gasteiger partial charge in [-0.25, -0.2) is 15.1 Å². The molecule has 2 aromatic rings. The number of aliphatic carboxylic acids is 1. The highest BCUT2D eigenvalue weighted by Crippen LogP contribution is 2.44. The van der Waals surface area contributed by atoms with Gasteiger partial charge in [0.1, 0.15) is 12.6 Å². The van der Waals surface area contributed by atoms with Crippen LogP contribution >= 0.6 is 0 Å².